The molecule has 19 heavy (non-hydrogen) atoms. The first kappa shape index (κ1) is 15.8. The van der Waals surface area contributed by atoms with Crippen LogP contribution in [0.25, 0.3) is 0 Å². The summed E-state index contributed by atoms with van der Waals surface area (Å²) in [5.41, 5.74) is -1.09. The summed E-state index contributed by atoms with van der Waals surface area (Å²) in [5, 5.41) is 20.1. The van der Waals surface area contributed by atoms with Crippen LogP contribution in [0.2, 0.25) is 0 Å². The van der Waals surface area contributed by atoms with Crippen molar-refractivity contribution < 1.29 is 28.2 Å². The molecule has 1 aromatic carbocycles. The number of rotatable bonds is 5. The summed E-state index contributed by atoms with van der Waals surface area (Å²) in [6.07, 6.45) is -6.34. The Labute approximate surface area is 115 Å². The van der Waals surface area contributed by atoms with E-state index in [2.05, 4.69) is 21.2 Å². The lowest BCUT2D eigenvalue weighted by Gasteiger charge is -2.16. The van der Waals surface area contributed by atoms with Gasteiger partial charge in [0.05, 0.1) is 18.1 Å². The highest BCUT2D eigenvalue weighted by molar-refractivity contribution is 9.10. The zero-order chi connectivity index (χ0) is 14.6. The molecule has 3 N–H and O–H groups in total. The van der Waals surface area contributed by atoms with E-state index in [-0.39, 0.29) is 16.7 Å². The largest absolute Gasteiger partial charge is 0.481 e. The van der Waals surface area contributed by atoms with E-state index < -0.39 is 30.2 Å². The van der Waals surface area contributed by atoms with Crippen LogP contribution in [0.4, 0.5) is 18.9 Å². The lowest BCUT2D eigenvalue weighted by atomic mass is 10.1. The molecule has 0 aromatic heterocycles. The zero-order valence-electron chi connectivity index (χ0n) is 9.54. The van der Waals surface area contributed by atoms with Gasteiger partial charge in [-0.1, -0.05) is 15.9 Å². The topological polar surface area (TPSA) is 69.6 Å². The molecular formula is C11H11BrF3NO3. The molecule has 0 fully saturated rings. The van der Waals surface area contributed by atoms with Crippen LogP contribution >= 0.6 is 15.9 Å². The number of halogens is 4. The van der Waals surface area contributed by atoms with Gasteiger partial charge < -0.3 is 15.5 Å². The number of alkyl halides is 3. The third-order valence-corrected chi connectivity index (χ3v) is 2.72. The molecule has 1 rings (SSSR count). The normalized spacial score (nSPS) is 13.1. The molecule has 0 saturated carbocycles. The SMILES string of the molecule is O=C(O)CC(O)CNc1ccc(Br)cc1C(F)(F)F. The van der Waals surface area contributed by atoms with Crippen molar-refractivity contribution in [3.05, 3.63) is 28.2 Å². The van der Waals surface area contributed by atoms with Gasteiger partial charge in [-0.3, -0.25) is 4.79 Å². The van der Waals surface area contributed by atoms with Crippen LogP contribution in [0.5, 0.6) is 0 Å². The van der Waals surface area contributed by atoms with Crippen molar-refractivity contribution in [2.45, 2.75) is 18.7 Å². The molecule has 106 valence electrons. The van der Waals surface area contributed by atoms with Crippen molar-refractivity contribution in [3.63, 3.8) is 0 Å². The van der Waals surface area contributed by atoms with Gasteiger partial charge in [-0.25, -0.2) is 0 Å². The Morgan fingerprint density at radius 1 is 1.42 bits per heavy atom. The summed E-state index contributed by atoms with van der Waals surface area (Å²) >= 11 is 2.95. The lowest BCUT2D eigenvalue weighted by Crippen LogP contribution is -2.23. The van der Waals surface area contributed by atoms with E-state index in [0.717, 1.165) is 6.07 Å². The van der Waals surface area contributed by atoms with Crippen molar-refractivity contribution in [3.8, 4) is 0 Å². The van der Waals surface area contributed by atoms with Crippen LogP contribution in [0.3, 0.4) is 0 Å². The van der Waals surface area contributed by atoms with Gasteiger partial charge in [0.25, 0.3) is 0 Å². The van der Waals surface area contributed by atoms with Crippen molar-refractivity contribution in [1.82, 2.24) is 0 Å². The number of aliphatic carboxylic acids is 1. The Balaban J connectivity index is 2.81. The number of hydrogen-bond acceptors (Lipinski definition) is 3. The van der Waals surface area contributed by atoms with E-state index >= 15 is 0 Å². The molecule has 0 spiro atoms. The van der Waals surface area contributed by atoms with Crippen LogP contribution < -0.4 is 5.32 Å². The van der Waals surface area contributed by atoms with Gasteiger partial charge in [0.15, 0.2) is 0 Å². The van der Waals surface area contributed by atoms with Gasteiger partial charge in [0.2, 0.25) is 0 Å². The van der Waals surface area contributed by atoms with Crippen LogP contribution in [-0.2, 0) is 11.0 Å². The minimum atomic E-state index is -4.54. The summed E-state index contributed by atoms with van der Waals surface area (Å²) in [6.45, 7) is -0.281. The second-order valence-electron chi connectivity index (χ2n) is 3.82. The monoisotopic (exact) mass is 341 g/mol. The molecule has 0 heterocycles. The van der Waals surface area contributed by atoms with Gasteiger partial charge in [0.1, 0.15) is 0 Å². The van der Waals surface area contributed by atoms with Crippen molar-refractivity contribution in [2.75, 3.05) is 11.9 Å². The molecule has 1 aromatic rings. The van der Waals surface area contributed by atoms with Crippen molar-refractivity contribution in [1.29, 1.82) is 0 Å². The van der Waals surface area contributed by atoms with Crippen LogP contribution in [-0.4, -0.2) is 28.8 Å². The van der Waals surface area contributed by atoms with Crippen LogP contribution in [0.1, 0.15) is 12.0 Å². The molecule has 8 heteroatoms. The maximum atomic E-state index is 12.7. The molecule has 0 aliphatic rings. The Morgan fingerprint density at radius 2 is 2.05 bits per heavy atom. The maximum absolute atomic E-state index is 12.7. The predicted octanol–water partition coefficient (Wildman–Crippen LogP) is 2.72. The lowest BCUT2D eigenvalue weighted by molar-refractivity contribution is -0.139. The molecule has 0 bridgehead atoms. The van der Waals surface area contributed by atoms with Crippen molar-refractivity contribution in [2.24, 2.45) is 0 Å². The Kier molecular flexibility index (Phi) is 5.19. The smallest absolute Gasteiger partial charge is 0.418 e. The number of nitrogens with one attached hydrogen (secondary N) is 1. The van der Waals surface area contributed by atoms with E-state index in [4.69, 9.17) is 5.11 Å². The number of carboxylic acid groups (broad SMARTS) is 1. The Bertz CT molecular complexity index is 465. The van der Waals surface area contributed by atoms with Gasteiger partial charge in [-0.2, -0.15) is 13.2 Å². The average Bonchev–Trinajstić information content (AvgIpc) is 2.25. The van der Waals surface area contributed by atoms with E-state index in [9.17, 15) is 23.1 Å². The van der Waals surface area contributed by atoms with Gasteiger partial charge in [-0.15, -0.1) is 0 Å². The standard InChI is InChI=1S/C11H11BrF3NO3/c12-6-1-2-9(8(3-6)11(13,14)15)16-5-7(17)4-10(18)19/h1-3,7,16-17H,4-5H2,(H,18,19). The third-order valence-electron chi connectivity index (χ3n) is 2.23. The maximum Gasteiger partial charge on any atom is 0.418 e. The highest BCUT2D eigenvalue weighted by Crippen LogP contribution is 2.36. The van der Waals surface area contributed by atoms with Crippen molar-refractivity contribution >= 4 is 27.6 Å². The first-order valence-corrected chi connectivity index (χ1v) is 6.00. The number of carboxylic acids is 1. The summed E-state index contributed by atoms with van der Waals surface area (Å²) in [6, 6.07) is 3.54. The zero-order valence-corrected chi connectivity index (χ0v) is 11.1. The van der Waals surface area contributed by atoms with Gasteiger partial charge in [0, 0.05) is 16.7 Å². The summed E-state index contributed by atoms with van der Waals surface area (Å²) < 4.78 is 38.5. The number of carbonyl (C=O) groups is 1. The molecule has 0 aliphatic carbocycles. The summed E-state index contributed by atoms with van der Waals surface area (Å²) in [7, 11) is 0. The minimum Gasteiger partial charge on any atom is -0.481 e. The van der Waals surface area contributed by atoms with Crippen LogP contribution in [0.15, 0.2) is 22.7 Å². The first-order valence-electron chi connectivity index (χ1n) is 5.20. The van der Waals surface area contributed by atoms with Crippen LogP contribution in [0, 0.1) is 0 Å². The number of anilines is 1. The molecular weight excluding hydrogens is 331 g/mol. The molecule has 0 aliphatic heterocycles. The second kappa shape index (κ2) is 6.25. The predicted molar refractivity (Wildman–Crippen MR) is 65.9 cm³/mol. The number of benzene rings is 1. The molecule has 0 saturated heterocycles. The summed E-state index contributed by atoms with van der Waals surface area (Å²) in [5.74, 6) is -1.22. The van der Waals surface area contributed by atoms with E-state index in [1.165, 1.54) is 12.1 Å². The third kappa shape index (κ3) is 5.07. The molecule has 1 unspecified atom stereocenters. The number of aliphatic hydroxyl groups excluding tert-OH is 1. The highest BCUT2D eigenvalue weighted by atomic mass is 79.9. The minimum absolute atomic E-state index is 0.208. The highest BCUT2D eigenvalue weighted by Gasteiger charge is 2.33. The van der Waals surface area contributed by atoms with E-state index in [1.807, 2.05) is 0 Å². The fraction of sp³-hybridized carbons (Fsp3) is 0.364. The van der Waals surface area contributed by atoms with Gasteiger partial charge >= 0.3 is 12.1 Å². The summed E-state index contributed by atoms with van der Waals surface area (Å²) in [4.78, 5) is 10.3. The van der Waals surface area contributed by atoms with E-state index in [0.29, 0.717) is 0 Å². The number of hydrogen-bond donors (Lipinski definition) is 3. The average molecular weight is 342 g/mol. The quantitative estimate of drug-likeness (QED) is 0.770. The fourth-order valence-electron chi connectivity index (χ4n) is 1.41. The van der Waals surface area contributed by atoms with Gasteiger partial charge in [-0.05, 0) is 18.2 Å². The number of aliphatic hydroxyl groups is 1. The fourth-order valence-corrected chi connectivity index (χ4v) is 1.77. The molecule has 0 amide bonds. The van der Waals surface area contributed by atoms with E-state index in [1.54, 1.807) is 0 Å². The molecule has 4 nitrogen and oxygen atoms in total. The first-order chi connectivity index (χ1) is 8.70. The second-order valence-corrected chi connectivity index (χ2v) is 4.74. The Hall–Kier alpha value is -1.28. The molecule has 0 radical (unpaired) electrons. The Morgan fingerprint density at radius 3 is 2.58 bits per heavy atom. The molecule has 1 atom stereocenters.